The summed E-state index contributed by atoms with van der Waals surface area (Å²) >= 11 is 1.70. The quantitative estimate of drug-likeness (QED) is 0.785. The van der Waals surface area contributed by atoms with Gasteiger partial charge in [0.2, 0.25) is 0 Å². The van der Waals surface area contributed by atoms with Gasteiger partial charge in [0.25, 0.3) is 0 Å². The van der Waals surface area contributed by atoms with Gasteiger partial charge in [-0.1, -0.05) is 6.07 Å². The molecule has 5 nitrogen and oxygen atoms in total. The summed E-state index contributed by atoms with van der Waals surface area (Å²) in [5.74, 6) is 0.751. The Morgan fingerprint density at radius 2 is 2.43 bits per heavy atom. The Balaban J connectivity index is 2.03. The number of aromatic nitrogens is 4. The molecule has 2 rings (SSSR count). The van der Waals surface area contributed by atoms with Crippen LogP contribution in [0.4, 0.5) is 0 Å². The third kappa shape index (κ3) is 2.15. The second kappa shape index (κ2) is 4.30. The van der Waals surface area contributed by atoms with E-state index in [4.69, 9.17) is 5.73 Å². The van der Waals surface area contributed by atoms with Crippen LogP contribution in [-0.2, 0) is 13.0 Å². The highest BCUT2D eigenvalue weighted by Crippen LogP contribution is 2.11. The molecule has 0 unspecified atom stereocenters. The van der Waals surface area contributed by atoms with Crippen LogP contribution in [0.1, 0.15) is 10.7 Å². The van der Waals surface area contributed by atoms with Gasteiger partial charge in [0.05, 0.1) is 6.54 Å². The van der Waals surface area contributed by atoms with E-state index in [0.717, 1.165) is 12.2 Å². The SMILES string of the molecule is NCCn1nnc(Cc2cccs2)n1. The monoisotopic (exact) mass is 209 g/mol. The van der Waals surface area contributed by atoms with Crippen LogP contribution in [0.25, 0.3) is 0 Å². The molecule has 0 saturated heterocycles. The van der Waals surface area contributed by atoms with Gasteiger partial charge in [-0.3, -0.25) is 0 Å². The van der Waals surface area contributed by atoms with Gasteiger partial charge >= 0.3 is 0 Å². The van der Waals surface area contributed by atoms with E-state index in [1.54, 1.807) is 11.3 Å². The van der Waals surface area contributed by atoms with Crippen LogP contribution in [-0.4, -0.2) is 26.8 Å². The summed E-state index contributed by atoms with van der Waals surface area (Å²) in [5, 5.41) is 14.1. The van der Waals surface area contributed by atoms with Crippen molar-refractivity contribution in [3.05, 3.63) is 28.2 Å². The van der Waals surface area contributed by atoms with Crippen molar-refractivity contribution < 1.29 is 0 Å². The first-order valence-corrected chi connectivity index (χ1v) is 5.25. The summed E-state index contributed by atoms with van der Waals surface area (Å²) in [4.78, 5) is 2.78. The summed E-state index contributed by atoms with van der Waals surface area (Å²) in [5.41, 5.74) is 5.38. The summed E-state index contributed by atoms with van der Waals surface area (Å²) in [6.07, 6.45) is 0.752. The highest BCUT2D eigenvalue weighted by Gasteiger charge is 2.03. The van der Waals surface area contributed by atoms with Crippen molar-refractivity contribution in [1.82, 2.24) is 20.2 Å². The maximum absolute atomic E-state index is 5.38. The first-order valence-electron chi connectivity index (χ1n) is 4.37. The third-order valence-electron chi connectivity index (χ3n) is 1.74. The average Bonchev–Trinajstić information content (AvgIpc) is 2.79. The lowest BCUT2D eigenvalue weighted by molar-refractivity contribution is 0.529. The van der Waals surface area contributed by atoms with Crippen molar-refractivity contribution in [1.29, 1.82) is 0 Å². The summed E-state index contributed by atoms with van der Waals surface area (Å²) in [6.45, 7) is 1.16. The minimum absolute atomic E-state index is 0.537. The molecule has 2 N–H and O–H groups in total. The van der Waals surface area contributed by atoms with Gasteiger partial charge in [-0.15, -0.1) is 21.5 Å². The summed E-state index contributed by atoms with van der Waals surface area (Å²) < 4.78 is 0. The van der Waals surface area contributed by atoms with Gasteiger partial charge < -0.3 is 5.73 Å². The number of hydrogen-bond acceptors (Lipinski definition) is 5. The zero-order valence-corrected chi connectivity index (χ0v) is 8.44. The molecule has 0 fully saturated rings. The van der Waals surface area contributed by atoms with Gasteiger partial charge in [0.15, 0.2) is 5.82 Å². The Hall–Kier alpha value is -1.27. The molecule has 0 radical (unpaired) electrons. The van der Waals surface area contributed by atoms with E-state index in [9.17, 15) is 0 Å². The van der Waals surface area contributed by atoms with Crippen molar-refractivity contribution >= 4 is 11.3 Å². The van der Waals surface area contributed by atoms with E-state index in [1.807, 2.05) is 11.4 Å². The van der Waals surface area contributed by atoms with E-state index in [1.165, 1.54) is 9.67 Å². The Morgan fingerprint density at radius 3 is 3.14 bits per heavy atom. The van der Waals surface area contributed by atoms with Gasteiger partial charge in [0.1, 0.15) is 0 Å². The van der Waals surface area contributed by atoms with E-state index < -0.39 is 0 Å². The van der Waals surface area contributed by atoms with Crippen molar-refractivity contribution in [3.63, 3.8) is 0 Å². The highest BCUT2D eigenvalue weighted by atomic mass is 32.1. The van der Waals surface area contributed by atoms with Crippen LogP contribution in [0.15, 0.2) is 17.5 Å². The smallest absolute Gasteiger partial charge is 0.179 e. The Morgan fingerprint density at radius 1 is 1.50 bits per heavy atom. The van der Waals surface area contributed by atoms with Crippen LogP contribution in [0, 0.1) is 0 Å². The fourth-order valence-corrected chi connectivity index (χ4v) is 1.83. The van der Waals surface area contributed by atoms with Crippen LogP contribution >= 0.6 is 11.3 Å². The lowest BCUT2D eigenvalue weighted by atomic mass is 10.3. The molecular weight excluding hydrogens is 198 g/mol. The molecule has 6 heteroatoms. The normalized spacial score (nSPS) is 10.6. The highest BCUT2D eigenvalue weighted by molar-refractivity contribution is 7.09. The minimum Gasteiger partial charge on any atom is -0.329 e. The molecule has 0 amide bonds. The Bertz CT molecular complexity index is 380. The molecule has 0 aliphatic rings. The Kier molecular flexibility index (Phi) is 2.85. The topological polar surface area (TPSA) is 69.6 Å². The molecule has 2 heterocycles. The molecule has 2 aromatic rings. The fraction of sp³-hybridized carbons (Fsp3) is 0.375. The number of hydrogen-bond donors (Lipinski definition) is 1. The number of tetrazole rings is 1. The molecule has 0 spiro atoms. The third-order valence-corrected chi connectivity index (χ3v) is 2.61. The van der Waals surface area contributed by atoms with Crippen LogP contribution < -0.4 is 5.73 Å². The lowest BCUT2D eigenvalue weighted by Gasteiger charge is -1.91. The van der Waals surface area contributed by atoms with Crippen LogP contribution in [0.5, 0.6) is 0 Å². The van der Waals surface area contributed by atoms with E-state index >= 15 is 0 Å². The molecule has 0 aliphatic heterocycles. The Labute approximate surface area is 85.5 Å². The lowest BCUT2D eigenvalue weighted by Crippen LogP contribution is -2.12. The largest absolute Gasteiger partial charge is 0.329 e. The fourth-order valence-electron chi connectivity index (χ4n) is 1.13. The maximum Gasteiger partial charge on any atom is 0.179 e. The molecule has 14 heavy (non-hydrogen) atoms. The molecule has 74 valence electrons. The molecule has 0 bridgehead atoms. The first-order chi connectivity index (χ1) is 6.88. The number of thiophene rings is 1. The van der Waals surface area contributed by atoms with Gasteiger partial charge in [0, 0.05) is 17.8 Å². The molecule has 0 aromatic carbocycles. The number of nitrogens with two attached hydrogens (primary N) is 1. The average molecular weight is 209 g/mol. The van der Waals surface area contributed by atoms with Crippen molar-refractivity contribution in [3.8, 4) is 0 Å². The predicted molar refractivity (Wildman–Crippen MR) is 54.0 cm³/mol. The summed E-state index contributed by atoms with van der Waals surface area (Å²) in [7, 11) is 0. The van der Waals surface area contributed by atoms with Crippen LogP contribution in [0.3, 0.4) is 0 Å². The molecule has 0 atom stereocenters. The van der Waals surface area contributed by atoms with Crippen LogP contribution in [0.2, 0.25) is 0 Å². The second-order valence-corrected chi connectivity index (χ2v) is 3.88. The zero-order chi connectivity index (χ0) is 9.80. The predicted octanol–water partition coefficient (Wildman–Crippen LogP) is 0.284. The van der Waals surface area contributed by atoms with Crippen molar-refractivity contribution in [2.75, 3.05) is 6.54 Å². The number of nitrogens with zero attached hydrogens (tertiary/aromatic N) is 4. The van der Waals surface area contributed by atoms with E-state index in [0.29, 0.717) is 13.1 Å². The standard InChI is InChI=1S/C8H11N5S/c9-3-4-13-11-8(10-12-13)6-7-2-1-5-14-7/h1-2,5H,3-4,6,9H2. The molecular formula is C8H11N5S. The minimum atomic E-state index is 0.537. The second-order valence-electron chi connectivity index (χ2n) is 2.85. The molecule has 2 aromatic heterocycles. The number of rotatable bonds is 4. The van der Waals surface area contributed by atoms with Gasteiger partial charge in [-0.05, 0) is 16.7 Å². The van der Waals surface area contributed by atoms with Crippen molar-refractivity contribution in [2.45, 2.75) is 13.0 Å². The first kappa shape index (κ1) is 9.29. The molecule has 0 aliphatic carbocycles. The van der Waals surface area contributed by atoms with E-state index in [-0.39, 0.29) is 0 Å². The zero-order valence-electron chi connectivity index (χ0n) is 7.63. The van der Waals surface area contributed by atoms with E-state index in [2.05, 4.69) is 21.5 Å². The van der Waals surface area contributed by atoms with Gasteiger partial charge in [-0.2, -0.15) is 4.80 Å². The molecule has 0 saturated carbocycles. The summed E-state index contributed by atoms with van der Waals surface area (Å²) in [6, 6.07) is 4.08. The van der Waals surface area contributed by atoms with Crippen molar-refractivity contribution in [2.24, 2.45) is 5.73 Å². The maximum atomic E-state index is 5.38. The van der Waals surface area contributed by atoms with Gasteiger partial charge in [-0.25, -0.2) is 0 Å².